The van der Waals surface area contributed by atoms with Crippen LogP contribution >= 0.6 is 0 Å². The minimum absolute atomic E-state index is 0.275. The van der Waals surface area contributed by atoms with E-state index in [1.54, 1.807) is 30.3 Å². The summed E-state index contributed by atoms with van der Waals surface area (Å²) in [6.07, 6.45) is 0. The van der Waals surface area contributed by atoms with E-state index in [2.05, 4.69) is 5.32 Å². The first-order valence-corrected chi connectivity index (χ1v) is 9.92. The Morgan fingerprint density at radius 2 is 1.78 bits per heavy atom. The molecule has 0 aliphatic heterocycles. The molecule has 0 aliphatic carbocycles. The molecule has 1 amide bonds. The lowest BCUT2D eigenvalue weighted by Crippen LogP contribution is -2.46. The van der Waals surface area contributed by atoms with Gasteiger partial charge in [-0.3, -0.25) is 4.79 Å². The summed E-state index contributed by atoms with van der Waals surface area (Å²) in [5.41, 5.74) is 1.52. The predicted octanol–water partition coefficient (Wildman–Crippen LogP) is 1.80. The van der Waals surface area contributed by atoms with Gasteiger partial charge in [0.1, 0.15) is 18.9 Å². The maximum Gasteiger partial charge on any atom is 0.304 e. The van der Waals surface area contributed by atoms with Crippen LogP contribution in [0, 0.1) is 6.92 Å². The molecule has 0 aliphatic rings. The zero-order valence-corrected chi connectivity index (χ0v) is 16.6. The van der Waals surface area contributed by atoms with E-state index in [0.717, 1.165) is 19.9 Å². The Morgan fingerprint density at radius 1 is 1.07 bits per heavy atom. The zero-order chi connectivity index (χ0) is 19.9. The fourth-order valence-electron chi connectivity index (χ4n) is 2.35. The second-order valence-corrected chi connectivity index (χ2v) is 8.21. The van der Waals surface area contributed by atoms with Crippen molar-refractivity contribution in [2.75, 3.05) is 38.1 Å². The molecular formula is C19H25N3O4S. The Morgan fingerprint density at radius 3 is 2.41 bits per heavy atom. The van der Waals surface area contributed by atoms with Crippen LogP contribution in [0.4, 0.5) is 5.69 Å². The summed E-state index contributed by atoms with van der Waals surface area (Å²) < 4.78 is 32.8. The maximum atomic E-state index is 12.6. The predicted molar refractivity (Wildman–Crippen MR) is 106 cm³/mol. The normalized spacial score (nSPS) is 11.3. The first-order chi connectivity index (χ1) is 12.8. The number of rotatable bonds is 9. The summed E-state index contributed by atoms with van der Waals surface area (Å²) in [5.74, 6) is 0.322. The van der Waals surface area contributed by atoms with Gasteiger partial charge in [-0.2, -0.15) is 12.7 Å². The molecule has 2 aromatic rings. The topological polar surface area (TPSA) is 79.0 Å². The number of ether oxygens (including phenoxy) is 1. The highest BCUT2D eigenvalue weighted by Gasteiger charge is 2.26. The van der Waals surface area contributed by atoms with Crippen LogP contribution in [-0.2, 0) is 15.0 Å². The number of carbonyl (C=O) groups excluding carboxylic acids is 1. The van der Waals surface area contributed by atoms with Crippen LogP contribution in [0.2, 0.25) is 0 Å². The molecule has 0 saturated carbocycles. The molecule has 2 aromatic carbocycles. The molecule has 0 spiro atoms. The zero-order valence-electron chi connectivity index (χ0n) is 15.8. The van der Waals surface area contributed by atoms with Crippen molar-refractivity contribution in [3.63, 3.8) is 0 Å². The third-order valence-corrected chi connectivity index (χ3v) is 5.57. The molecular weight excluding hydrogens is 366 g/mol. The molecule has 0 aromatic heterocycles. The Balaban J connectivity index is 1.94. The lowest BCUT2D eigenvalue weighted by molar-refractivity contribution is -0.119. The lowest BCUT2D eigenvalue weighted by Gasteiger charge is -2.26. The Bertz CT molecular complexity index is 854. The minimum Gasteiger partial charge on any atom is -0.492 e. The van der Waals surface area contributed by atoms with Crippen LogP contribution in [0.15, 0.2) is 54.6 Å². The maximum absolute atomic E-state index is 12.6. The summed E-state index contributed by atoms with van der Waals surface area (Å²) in [4.78, 5) is 12.3. The summed E-state index contributed by atoms with van der Waals surface area (Å²) in [5, 5.41) is 2.69. The summed E-state index contributed by atoms with van der Waals surface area (Å²) in [6.45, 7) is 2.23. The fraction of sp³-hybridized carbons (Fsp3) is 0.316. The molecule has 0 bridgehead atoms. The number of aryl methyl sites for hydroxylation is 1. The number of carbonyl (C=O) groups is 1. The van der Waals surface area contributed by atoms with E-state index in [0.29, 0.717) is 12.3 Å². The van der Waals surface area contributed by atoms with Gasteiger partial charge in [-0.25, -0.2) is 4.31 Å². The van der Waals surface area contributed by atoms with Gasteiger partial charge >= 0.3 is 10.2 Å². The minimum atomic E-state index is -3.79. The van der Waals surface area contributed by atoms with Gasteiger partial charge in [-0.1, -0.05) is 30.3 Å². The Kier molecular flexibility index (Phi) is 7.20. The van der Waals surface area contributed by atoms with Gasteiger partial charge in [0.2, 0.25) is 5.91 Å². The van der Waals surface area contributed by atoms with E-state index in [1.807, 2.05) is 31.2 Å². The summed E-state index contributed by atoms with van der Waals surface area (Å²) in [6, 6.07) is 16.1. The fourth-order valence-corrected chi connectivity index (χ4v) is 3.41. The number of benzene rings is 2. The smallest absolute Gasteiger partial charge is 0.304 e. The van der Waals surface area contributed by atoms with Crippen molar-refractivity contribution >= 4 is 21.8 Å². The number of hydrogen-bond acceptors (Lipinski definition) is 4. The van der Waals surface area contributed by atoms with Crippen LogP contribution in [0.5, 0.6) is 5.75 Å². The number of nitrogens with zero attached hydrogens (tertiary/aromatic N) is 2. The molecule has 2 rings (SSSR count). The third kappa shape index (κ3) is 5.97. The van der Waals surface area contributed by atoms with Crippen molar-refractivity contribution in [2.45, 2.75) is 6.92 Å². The highest BCUT2D eigenvalue weighted by atomic mass is 32.2. The van der Waals surface area contributed by atoms with Crippen molar-refractivity contribution in [3.05, 3.63) is 60.2 Å². The van der Waals surface area contributed by atoms with Gasteiger partial charge in [-0.05, 0) is 36.8 Å². The van der Waals surface area contributed by atoms with Crippen molar-refractivity contribution in [1.29, 1.82) is 0 Å². The first kappa shape index (κ1) is 20.7. The van der Waals surface area contributed by atoms with Crippen LogP contribution in [-0.4, -0.2) is 52.4 Å². The molecule has 1 N–H and O–H groups in total. The molecule has 7 nitrogen and oxygen atoms in total. The quantitative estimate of drug-likeness (QED) is 0.661. The summed E-state index contributed by atoms with van der Waals surface area (Å²) in [7, 11) is -0.932. The van der Waals surface area contributed by atoms with Gasteiger partial charge < -0.3 is 10.1 Å². The Hall–Kier alpha value is -2.58. The second-order valence-electron chi connectivity index (χ2n) is 6.15. The number of anilines is 1. The van der Waals surface area contributed by atoms with Gasteiger partial charge in [-0.15, -0.1) is 0 Å². The average molecular weight is 391 g/mol. The molecule has 8 heteroatoms. The van der Waals surface area contributed by atoms with E-state index in [4.69, 9.17) is 4.74 Å². The summed E-state index contributed by atoms with van der Waals surface area (Å²) >= 11 is 0. The molecule has 146 valence electrons. The lowest BCUT2D eigenvalue weighted by atomic mass is 10.2. The standard InChI is InChI=1S/C19H25N3O4S/c1-16-8-7-11-18(14-16)26-13-12-20-19(23)15-22(27(24,25)21(2)3)17-9-5-4-6-10-17/h4-11,14H,12-13,15H2,1-3H3,(H,20,23). The van der Waals surface area contributed by atoms with Gasteiger partial charge in [0.05, 0.1) is 12.2 Å². The molecule has 0 saturated heterocycles. The van der Waals surface area contributed by atoms with Crippen LogP contribution in [0.3, 0.4) is 0 Å². The van der Waals surface area contributed by atoms with E-state index in [9.17, 15) is 13.2 Å². The molecule has 27 heavy (non-hydrogen) atoms. The van der Waals surface area contributed by atoms with Crippen molar-refractivity contribution in [3.8, 4) is 5.75 Å². The van der Waals surface area contributed by atoms with Crippen LogP contribution in [0.25, 0.3) is 0 Å². The average Bonchev–Trinajstić information content (AvgIpc) is 2.64. The van der Waals surface area contributed by atoms with Gasteiger partial charge in [0, 0.05) is 14.1 Å². The molecule has 0 unspecified atom stereocenters. The van der Waals surface area contributed by atoms with E-state index < -0.39 is 16.1 Å². The molecule has 0 fully saturated rings. The second kappa shape index (κ2) is 9.38. The van der Waals surface area contributed by atoms with Crippen LogP contribution in [0.1, 0.15) is 5.56 Å². The third-order valence-electron chi connectivity index (χ3n) is 3.75. The monoisotopic (exact) mass is 391 g/mol. The van der Waals surface area contributed by atoms with Gasteiger partial charge in [0.15, 0.2) is 0 Å². The molecule has 0 radical (unpaired) electrons. The van der Waals surface area contributed by atoms with Crippen LogP contribution < -0.4 is 14.4 Å². The Labute approximate surface area is 160 Å². The van der Waals surface area contributed by atoms with Gasteiger partial charge in [0.25, 0.3) is 0 Å². The number of para-hydroxylation sites is 1. The molecule has 0 atom stereocenters. The highest BCUT2D eigenvalue weighted by molar-refractivity contribution is 7.90. The van der Waals surface area contributed by atoms with Crippen molar-refractivity contribution in [2.24, 2.45) is 0 Å². The number of nitrogens with one attached hydrogen (secondary N) is 1. The van der Waals surface area contributed by atoms with Crippen molar-refractivity contribution in [1.82, 2.24) is 9.62 Å². The molecule has 0 heterocycles. The highest BCUT2D eigenvalue weighted by Crippen LogP contribution is 2.18. The SMILES string of the molecule is Cc1cccc(OCCNC(=O)CN(c2ccccc2)S(=O)(=O)N(C)C)c1. The largest absolute Gasteiger partial charge is 0.492 e. The van der Waals surface area contributed by atoms with E-state index in [-0.39, 0.29) is 13.1 Å². The number of hydrogen-bond donors (Lipinski definition) is 1. The first-order valence-electron chi connectivity index (χ1n) is 8.52. The van der Waals surface area contributed by atoms with E-state index >= 15 is 0 Å². The number of amides is 1. The van der Waals surface area contributed by atoms with Crippen molar-refractivity contribution < 1.29 is 17.9 Å². The van der Waals surface area contributed by atoms with E-state index in [1.165, 1.54) is 14.1 Å².